The molecule has 1 aromatic carbocycles. The van der Waals surface area contributed by atoms with Crippen molar-refractivity contribution in [3.05, 3.63) is 52.9 Å². The topological polar surface area (TPSA) is 62.6 Å². The smallest absolute Gasteiger partial charge is 0.287 e. The lowest BCUT2D eigenvalue weighted by molar-refractivity contribution is -0.116. The normalized spacial score (nSPS) is 10.3. The first-order valence-corrected chi connectivity index (χ1v) is 7.23. The molecule has 0 atom stereocenters. The summed E-state index contributed by atoms with van der Waals surface area (Å²) in [5, 5.41) is 3.34. The van der Waals surface area contributed by atoms with Crippen molar-refractivity contribution < 1.29 is 14.0 Å². The van der Waals surface area contributed by atoms with E-state index in [-0.39, 0.29) is 17.6 Å². The van der Waals surface area contributed by atoms with Crippen LogP contribution in [0.3, 0.4) is 0 Å². The van der Waals surface area contributed by atoms with Crippen LogP contribution in [0.25, 0.3) is 0 Å². The van der Waals surface area contributed by atoms with Gasteiger partial charge in [-0.15, -0.1) is 0 Å². The van der Waals surface area contributed by atoms with Gasteiger partial charge in [0.15, 0.2) is 5.76 Å². The molecule has 116 valence electrons. The van der Waals surface area contributed by atoms with Crippen LogP contribution in [-0.4, -0.2) is 24.9 Å². The predicted molar refractivity (Wildman–Crippen MR) is 85.3 cm³/mol. The molecule has 6 heteroatoms. The largest absolute Gasteiger partial charge is 0.459 e. The minimum atomic E-state index is -0.304. The molecule has 0 bridgehead atoms. The second-order valence-corrected chi connectivity index (χ2v) is 5.27. The predicted octanol–water partition coefficient (Wildman–Crippen LogP) is 3.02. The molecule has 0 saturated heterocycles. The number of anilines is 1. The van der Waals surface area contributed by atoms with Crippen molar-refractivity contribution in [1.82, 2.24) is 5.32 Å². The van der Waals surface area contributed by atoms with Gasteiger partial charge in [-0.25, -0.2) is 0 Å². The number of carbonyl (C=O) groups is 2. The van der Waals surface area contributed by atoms with Gasteiger partial charge >= 0.3 is 0 Å². The fourth-order valence-electron chi connectivity index (χ4n) is 2.15. The highest BCUT2D eigenvalue weighted by Crippen LogP contribution is 2.23. The van der Waals surface area contributed by atoms with Gasteiger partial charge in [0.1, 0.15) is 0 Å². The molecule has 2 rings (SSSR count). The molecule has 0 saturated carbocycles. The third kappa shape index (κ3) is 3.89. The Labute approximate surface area is 133 Å². The van der Waals surface area contributed by atoms with E-state index in [1.165, 1.54) is 13.2 Å². The summed E-state index contributed by atoms with van der Waals surface area (Å²) in [6.07, 6.45) is 1.44. The molecule has 2 aromatic rings. The zero-order chi connectivity index (χ0) is 16.1. The fourth-order valence-corrected chi connectivity index (χ4v) is 2.37. The van der Waals surface area contributed by atoms with E-state index in [0.29, 0.717) is 18.1 Å². The van der Waals surface area contributed by atoms with Crippen molar-refractivity contribution in [2.75, 3.05) is 18.0 Å². The molecular formula is C16H17ClN2O3. The third-order valence-corrected chi connectivity index (χ3v) is 3.43. The molecule has 2 amide bonds. The van der Waals surface area contributed by atoms with Crippen molar-refractivity contribution in [3.63, 3.8) is 0 Å². The summed E-state index contributed by atoms with van der Waals surface area (Å²) in [5.41, 5.74) is 1.68. The number of aryl methyl sites for hydroxylation is 1. The minimum absolute atomic E-state index is 0.0994. The lowest BCUT2D eigenvalue weighted by Gasteiger charge is -2.23. The Morgan fingerprint density at radius 1 is 1.32 bits per heavy atom. The maximum atomic E-state index is 11.8. The second kappa shape index (κ2) is 7.13. The van der Waals surface area contributed by atoms with Crippen LogP contribution in [-0.2, 0) is 4.79 Å². The van der Waals surface area contributed by atoms with Gasteiger partial charge in [-0.05, 0) is 42.8 Å². The SMILES string of the molecule is CC(=O)N(CCNC(=O)c1ccco1)c1ccc(Cl)cc1C. The Balaban J connectivity index is 2.01. The number of amides is 2. The molecule has 1 aromatic heterocycles. The first kappa shape index (κ1) is 16.1. The standard InChI is InChI=1S/C16H17ClN2O3/c1-11-10-13(17)5-6-14(11)19(12(2)20)8-7-18-16(21)15-4-3-9-22-15/h3-6,9-10H,7-8H2,1-2H3,(H,18,21). The number of nitrogens with zero attached hydrogens (tertiary/aromatic N) is 1. The van der Waals surface area contributed by atoms with E-state index in [9.17, 15) is 9.59 Å². The highest BCUT2D eigenvalue weighted by molar-refractivity contribution is 6.30. The van der Waals surface area contributed by atoms with Gasteiger partial charge in [-0.1, -0.05) is 11.6 Å². The zero-order valence-electron chi connectivity index (χ0n) is 12.4. The van der Waals surface area contributed by atoms with Gasteiger partial charge < -0.3 is 14.6 Å². The lowest BCUT2D eigenvalue weighted by Crippen LogP contribution is -2.37. The van der Waals surface area contributed by atoms with Gasteiger partial charge in [0.25, 0.3) is 5.91 Å². The van der Waals surface area contributed by atoms with Crippen LogP contribution in [0.2, 0.25) is 5.02 Å². The summed E-state index contributed by atoms with van der Waals surface area (Å²) >= 11 is 5.93. The Bertz CT molecular complexity index is 668. The Morgan fingerprint density at radius 2 is 2.09 bits per heavy atom. The molecule has 0 aliphatic carbocycles. The first-order chi connectivity index (χ1) is 10.5. The summed E-state index contributed by atoms with van der Waals surface area (Å²) in [6, 6.07) is 8.57. The van der Waals surface area contributed by atoms with Crippen molar-refractivity contribution in [2.45, 2.75) is 13.8 Å². The average Bonchev–Trinajstić information content (AvgIpc) is 2.98. The zero-order valence-corrected chi connectivity index (χ0v) is 13.2. The van der Waals surface area contributed by atoms with E-state index in [2.05, 4.69) is 5.32 Å². The van der Waals surface area contributed by atoms with Gasteiger partial charge in [0.2, 0.25) is 5.91 Å². The molecule has 22 heavy (non-hydrogen) atoms. The van der Waals surface area contributed by atoms with E-state index in [1.807, 2.05) is 6.92 Å². The van der Waals surface area contributed by atoms with Crippen LogP contribution < -0.4 is 10.2 Å². The lowest BCUT2D eigenvalue weighted by atomic mass is 10.2. The van der Waals surface area contributed by atoms with Crippen molar-refractivity contribution in [3.8, 4) is 0 Å². The maximum absolute atomic E-state index is 11.8. The maximum Gasteiger partial charge on any atom is 0.287 e. The molecule has 5 nitrogen and oxygen atoms in total. The van der Waals surface area contributed by atoms with E-state index >= 15 is 0 Å². The monoisotopic (exact) mass is 320 g/mol. The Hall–Kier alpha value is -2.27. The van der Waals surface area contributed by atoms with Crippen molar-refractivity contribution in [1.29, 1.82) is 0 Å². The number of furan rings is 1. The van der Waals surface area contributed by atoms with Crippen LogP contribution in [0.5, 0.6) is 0 Å². The fraction of sp³-hybridized carbons (Fsp3) is 0.250. The molecule has 0 fully saturated rings. The van der Waals surface area contributed by atoms with Crippen molar-refractivity contribution in [2.24, 2.45) is 0 Å². The Kier molecular flexibility index (Phi) is 5.22. The molecule has 1 heterocycles. The van der Waals surface area contributed by atoms with Gasteiger partial charge in [-0.3, -0.25) is 9.59 Å². The van der Waals surface area contributed by atoms with Crippen LogP contribution >= 0.6 is 11.6 Å². The highest BCUT2D eigenvalue weighted by atomic mass is 35.5. The molecular weight excluding hydrogens is 304 g/mol. The van der Waals surface area contributed by atoms with Crippen molar-refractivity contribution >= 4 is 29.1 Å². The number of carbonyl (C=O) groups excluding carboxylic acids is 2. The second-order valence-electron chi connectivity index (χ2n) is 4.83. The number of hydrogen-bond acceptors (Lipinski definition) is 3. The quantitative estimate of drug-likeness (QED) is 0.921. The summed E-state index contributed by atoms with van der Waals surface area (Å²) < 4.78 is 5.01. The third-order valence-electron chi connectivity index (χ3n) is 3.20. The van der Waals surface area contributed by atoms with Crippen LogP contribution in [0.4, 0.5) is 5.69 Å². The van der Waals surface area contributed by atoms with Gasteiger partial charge in [0.05, 0.1) is 6.26 Å². The van der Waals surface area contributed by atoms with E-state index < -0.39 is 0 Å². The molecule has 0 spiro atoms. The molecule has 0 aliphatic rings. The van der Waals surface area contributed by atoms with Crippen LogP contribution in [0.1, 0.15) is 23.0 Å². The number of benzene rings is 1. The molecule has 0 radical (unpaired) electrons. The molecule has 0 aliphatic heterocycles. The van der Waals surface area contributed by atoms with Crippen LogP contribution in [0, 0.1) is 6.92 Å². The van der Waals surface area contributed by atoms with E-state index in [0.717, 1.165) is 11.3 Å². The first-order valence-electron chi connectivity index (χ1n) is 6.85. The number of rotatable bonds is 5. The van der Waals surface area contributed by atoms with Gasteiger partial charge in [0, 0.05) is 30.7 Å². The summed E-state index contributed by atoms with van der Waals surface area (Å²) in [5.74, 6) is -0.156. The van der Waals surface area contributed by atoms with E-state index in [4.69, 9.17) is 16.0 Å². The molecule has 1 N–H and O–H groups in total. The van der Waals surface area contributed by atoms with Gasteiger partial charge in [-0.2, -0.15) is 0 Å². The minimum Gasteiger partial charge on any atom is -0.459 e. The number of halogens is 1. The average molecular weight is 321 g/mol. The summed E-state index contributed by atoms with van der Waals surface area (Å²) in [7, 11) is 0. The summed E-state index contributed by atoms with van der Waals surface area (Å²) in [6.45, 7) is 4.06. The van der Waals surface area contributed by atoms with Crippen LogP contribution in [0.15, 0.2) is 41.0 Å². The Morgan fingerprint density at radius 3 is 2.68 bits per heavy atom. The highest BCUT2D eigenvalue weighted by Gasteiger charge is 2.15. The van der Waals surface area contributed by atoms with E-state index in [1.54, 1.807) is 35.2 Å². The number of nitrogens with one attached hydrogen (secondary N) is 1. The number of hydrogen-bond donors (Lipinski definition) is 1. The summed E-state index contributed by atoms with van der Waals surface area (Å²) in [4.78, 5) is 25.2. The molecule has 0 unspecified atom stereocenters.